The average Bonchev–Trinajstić information content (AvgIpc) is 2.37. The topological polar surface area (TPSA) is 113 Å². The first-order valence-electron chi connectivity index (χ1n) is 5.47. The Morgan fingerprint density at radius 1 is 1.00 bits per heavy atom. The molecule has 9 heteroatoms. The molecule has 0 fully saturated rings. The molecule has 108 valence electrons. The van der Waals surface area contributed by atoms with Crippen LogP contribution in [0.4, 0.5) is 0 Å². The third-order valence-corrected chi connectivity index (χ3v) is 6.05. The molecule has 0 aliphatic carbocycles. The van der Waals surface area contributed by atoms with Gasteiger partial charge in [0.05, 0.1) is 0 Å². The predicted octanol–water partition coefficient (Wildman–Crippen LogP) is 3.04. The fourth-order valence-electron chi connectivity index (χ4n) is 1.72. The van der Waals surface area contributed by atoms with Gasteiger partial charge >= 0.3 is 15.2 Å². The van der Waals surface area contributed by atoms with Crippen molar-refractivity contribution in [1.29, 1.82) is 0 Å². The average molecular weight is 318 g/mol. The van der Waals surface area contributed by atoms with Crippen molar-refractivity contribution in [3.05, 3.63) is 42.5 Å². The molecule has 0 heterocycles. The van der Waals surface area contributed by atoms with Crippen molar-refractivity contribution < 1.29 is 33.4 Å². The van der Waals surface area contributed by atoms with Gasteiger partial charge in [-0.15, -0.1) is 4.67 Å². The molecule has 2 aromatic rings. The Bertz CT molecular complexity index is 703. The van der Waals surface area contributed by atoms with Crippen molar-refractivity contribution in [2.24, 2.45) is 0 Å². The lowest BCUT2D eigenvalue weighted by Gasteiger charge is -2.17. The summed E-state index contributed by atoms with van der Waals surface area (Å²) in [5, 5.41) is 10.0. The highest BCUT2D eigenvalue weighted by atomic mass is 31.2. The van der Waals surface area contributed by atoms with Gasteiger partial charge in [-0.05, 0) is 11.5 Å². The first kappa shape index (κ1) is 15.2. The van der Waals surface area contributed by atoms with E-state index in [0.29, 0.717) is 5.39 Å². The zero-order valence-electron chi connectivity index (χ0n) is 10.1. The Morgan fingerprint density at radius 2 is 1.65 bits per heavy atom. The Labute approximate surface area is 114 Å². The van der Waals surface area contributed by atoms with Gasteiger partial charge in [0.2, 0.25) is 0 Å². The molecule has 3 N–H and O–H groups in total. The molecule has 0 radical (unpaired) electrons. The molecule has 1 unspecified atom stereocenters. The summed E-state index contributed by atoms with van der Waals surface area (Å²) >= 11 is 0. The fourth-order valence-corrected chi connectivity index (χ4v) is 4.46. The standard InChI is InChI=1S/C11H12O7P2/c12-18-20(16,8-19(13,14)15)17-11-7-3-5-9-4-1-2-6-10(9)11/h1-7,12H,8H2,(H2,13,14,15). The van der Waals surface area contributed by atoms with Crippen molar-refractivity contribution >= 4 is 26.0 Å². The molecule has 0 amide bonds. The van der Waals surface area contributed by atoms with Crippen LogP contribution in [0.15, 0.2) is 42.5 Å². The van der Waals surface area contributed by atoms with Crippen LogP contribution in [-0.4, -0.2) is 20.9 Å². The lowest BCUT2D eigenvalue weighted by molar-refractivity contribution is -0.143. The normalized spacial score (nSPS) is 14.9. The molecule has 2 rings (SSSR count). The van der Waals surface area contributed by atoms with Gasteiger partial charge in [0, 0.05) is 5.39 Å². The van der Waals surface area contributed by atoms with Crippen LogP contribution in [0.5, 0.6) is 5.75 Å². The van der Waals surface area contributed by atoms with E-state index in [1.807, 2.05) is 0 Å². The Kier molecular flexibility index (Phi) is 4.30. The first-order chi connectivity index (χ1) is 9.33. The number of fused-ring (bicyclic) bond motifs is 1. The summed E-state index contributed by atoms with van der Waals surface area (Å²) in [6.07, 6.45) is 0. The Balaban J connectivity index is 2.40. The van der Waals surface area contributed by atoms with E-state index in [1.54, 1.807) is 36.4 Å². The maximum absolute atomic E-state index is 12.0. The highest BCUT2D eigenvalue weighted by molar-refractivity contribution is 7.70. The van der Waals surface area contributed by atoms with E-state index in [4.69, 9.17) is 19.6 Å². The molecule has 0 spiro atoms. The highest BCUT2D eigenvalue weighted by Crippen LogP contribution is 2.58. The molecule has 0 aliphatic rings. The molecule has 0 aliphatic heterocycles. The smallest absolute Gasteiger partial charge is 0.417 e. The predicted molar refractivity (Wildman–Crippen MR) is 72.8 cm³/mol. The number of benzene rings is 2. The SMILES string of the molecule is O=P(O)(O)CP(=O)(OO)Oc1cccc2ccccc12. The van der Waals surface area contributed by atoms with E-state index >= 15 is 0 Å². The molecule has 2 aromatic carbocycles. The molecule has 0 saturated heterocycles. The maximum atomic E-state index is 12.0. The van der Waals surface area contributed by atoms with Crippen molar-refractivity contribution in [3.8, 4) is 5.75 Å². The van der Waals surface area contributed by atoms with Crippen molar-refractivity contribution in [2.45, 2.75) is 0 Å². The second-order valence-corrected chi connectivity index (χ2v) is 8.10. The lowest BCUT2D eigenvalue weighted by atomic mass is 10.1. The molecular weight excluding hydrogens is 306 g/mol. The van der Waals surface area contributed by atoms with E-state index in [2.05, 4.69) is 4.67 Å². The second kappa shape index (κ2) is 5.66. The summed E-state index contributed by atoms with van der Waals surface area (Å²) in [4.78, 5) is 17.7. The summed E-state index contributed by atoms with van der Waals surface area (Å²) in [5.74, 6) is -1.10. The summed E-state index contributed by atoms with van der Waals surface area (Å²) in [6.45, 7) is 0. The van der Waals surface area contributed by atoms with Crippen LogP contribution in [0.2, 0.25) is 0 Å². The van der Waals surface area contributed by atoms with Crippen LogP contribution in [0.3, 0.4) is 0 Å². The van der Waals surface area contributed by atoms with E-state index in [0.717, 1.165) is 5.39 Å². The quantitative estimate of drug-likeness (QED) is 0.441. The minimum atomic E-state index is -4.67. The summed E-state index contributed by atoms with van der Waals surface area (Å²) in [7, 11) is -9.03. The number of hydrogen-bond donors (Lipinski definition) is 3. The number of hydrogen-bond acceptors (Lipinski definition) is 5. The molecule has 0 aromatic heterocycles. The van der Waals surface area contributed by atoms with Gasteiger partial charge in [0.25, 0.3) is 0 Å². The van der Waals surface area contributed by atoms with Gasteiger partial charge in [-0.1, -0.05) is 36.4 Å². The molecule has 7 nitrogen and oxygen atoms in total. The molecular formula is C11H12O7P2. The minimum absolute atomic E-state index is 0.105. The van der Waals surface area contributed by atoms with E-state index in [9.17, 15) is 9.13 Å². The van der Waals surface area contributed by atoms with Gasteiger partial charge in [-0.3, -0.25) is 4.57 Å². The third-order valence-electron chi connectivity index (χ3n) is 2.47. The van der Waals surface area contributed by atoms with Crippen molar-refractivity contribution in [2.75, 3.05) is 5.90 Å². The lowest BCUT2D eigenvalue weighted by Crippen LogP contribution is -2.01. The minimum Gasteiger partial charge on any atom is -0.422 e. The first-order valence-corrected chi connectivity index (χ1v) is 9.00. The maximum Gasteiger partial charge on any atom is 0.417 e. The van der Waals surface area contributed by atoms with Gasteiger partial charge in [-0.2, -0.15) is 0 Å². The van der Waals surface area contributed by atoms with Gasteiger partial charge in [0.1, 0.15) is 5.75 Å². The molecule has 0 saturated carbocycles. The monoisotopic (exact) mass is 318 g/mol. The highest BCUT2D eigenvalue weighted by Gasteiger charge is 2.36. The fraction of sp³-hybridized carbons (Fsp3) is 0.0909. The van der Waals surface area contributed by atoms with Crippen LogP contribution in [0.1, 0.15) is 0 Å². The summed E-state index contributed by atoms with van der Waals surface area (Å²) in [6, 6.07) is 11.9. The second-order valence-electron chi connectivity index (χ2n) is 4.07. The zero-order valence-corrected chi connectivity index (χ0v) is 11.9. The van der Waals surface area contributed by atoms with E-state index in [-0.39, 0.29) is 5.75 Å². The van der Waals surface area contributed by atoms with E-state index in [1.165, 1.54) is 6.07 Å². The van der Waals surface area contributed by atoms with Crippen molar-refractivity contribution in [1.82, 2.24) is 0 Å². The van der Waals surface area contributed by atoms with E-state index < -0.39 is 21.1 Å². The van der Waals surface area contributed by atoms with Crippen LogP contribution < -0.4 is 4.52 Å². The summed E-state index contributed by atoms with van der Waals surface area (Å²) in [5.41, 5.74) is 0. The Morgan fingerprint density at radius 3 is 2.30 bits per heavy atom. The summed E-state index contributed by atoms with van der Waals surface area (Å²) < 4.78 is 31.7. The van der Waals surface area contributed by atoms with Gasteiger partial charge in [-0.25, -0.2) is 9.82 Å². The molecule has 0 bridgehead atoms. The molecule has 20 heavy (non-hydrogen) atoms. The Hall–Kier alpha value is -1.20. The number of rotatable bonds is 5. The van der Waals surface area contributed by atoms with Crippen LogP contribution in [-0.2, 0) is 13.8 Å². The molecule has 1 atom stereocenters. The van der Waals surface area contributed by atoms with Gasteiger partial charge in [0.15, 0.2) is 5.90 Å². The van der Waals surface area contributed by atoms with Crippen LogP contribution in [0, 0.1) is 0 Å². The van der Waals surface area contributed by atoms with Crippen LogP contribution >= 0.6 is 15.2 Å². The largest absolute Gasteiger partial charge is 0.422 e. The van der Waals surface area contributed by atoms with Crippen LogP contribution in [0.25, 0.3) is 10.8 Å². The van der Waals surface area contributed by atoms with Gasteiger partial charge < -0.3 is 14.3 Å². The third kappa shape index (κ3) is 3.67. The van der Waals surface area contributed by atoms with Crippen molar-refractivity contribution in [3.63, 3.8) is 0 Å². The zero-order chi connectivity index (χ0) is 14.8.